The van der Waals surface area contributed by atoms with Crippen molar-refractivity contribution in [2.75, 3.05) is 0 Å². The van der Waals surface area contributed by atoms with Crippen molar-refractivity contribution in [2.24, 2.45) is 0 Å². The van der Waals surface area contributed by atoms with Gasteiger partial charge in [-0.15, -0.1) is 21.5 Å². The van der Waals surface area contributed by atoms with Gasteiger partial charge in [0.05, 0.1) is 6.54 Å². The van der Waals surface area contributed by atoms with Crippen LogP contribution in [0.4, 0.5) is 0 Å². The van der Waals surface area contributed by atoms with Crippen LogP contribution in [0, 0.1) is 0 Å². The third kappa shape index (κ3) is 2.74. The number of hydrogen-bond acceptors (Lipinski definition) is 5. The van der Waals surface area contributed by atoms with Crippen LogP contribution >= 0.6 is 34.3 Å². The van der Waals surface area contributed by atoms with Gasteiger partial charge in [-0.3, -0.25) is 4.79 Å². The Morgan fingerprint density at radius 1 is 1.53 bits per heavy atom. The second kappa shape index (κ2) is 4.69. The average Bonchev–Trinajstić information content (AvgIpc) is 2.84. The molecule has 0 spiro atoms. The van der Waals surface area contributed by atoms with Crippen LogP contribution in [-0.2, 0) is 6.54 Å². The van der Waals surface area contributed by atoms with Gasteiger partial charge in [0.1, 0.15) is 0 Å². The molecule has 2 aromatic rings. The molecule has 0 saturated heterocycles. The van der Waals surface area contributed by atoms with Crippen LogP contribution in [0.1, 0.15) is 14.7 Å². The number of carbonyl (C=O) groups is 1. The van der Waals surface area contributed by atoms with Crippen LogP contribution in [0.3, 0.4) is 0 Å². The minimum atomic E-state index is -0.243. The fourth-order valence-corrected chi connectivity index (χ4v) is 2.34. The molecule has 2 heterocycles. The Hall–Kier alpha value is -0.980. The average molecular weight is 260 g/mol. The first kappa shape index (κ1) is 10.5. The predicted molar refractivity (Wildman–Crippen MR) is 60.4 cm³/mol. The van der Waals surface area contributed by atoms with Crippen LogP contribution < -0.4 is 5.32 Å². The van der Waals surface area contributed by atoms with E-state index in [1.807, 2.05) is 17.5 Å². The van der Waals surface area contributed by atoms with Gasteiger partial charge < -0.3 is 5.32 Å². The summed E-state index contributed by atoms with van der Waals surface area (Å²) in [7, 11) is 0. The van der Waals surface area contributed by atoms with Gasteiger partial charge >= 0.3 is 0 Å². The van der Waals surface area contributed by atoms with Crippen molar-refractivity contribution in [1.82, 2.24) is 15.5 Å². The number of aromatic nitrogens is 2. The number of nitrogens with zero attached hydrogens (tertiary/aromatic N) is 2. The van der Waals surface area contributed by atoms with Crippen molar-refractivity contribution >= 4 is 40.2 Å². The van der Waals surface area contributed by atoms with E-state index in [0.717, 1.165) is 16.2 Å². The van der Waals surface area contributed by atoms with Gasteiger partial charge in [-0.2, -0.15) is 0 Å². The van der Waals surface area contributed by atoms with E-state index < -0.39 is 0 Å². The second-order valence-corrected chi connectivity index (χ2v) is 5.21. The van der Waals surface area contributed by atoms with Gasteiger partial charge in [0.15, 0.2) is 0 Å². The summed E-state index contributed by atoms with van der Waals surface area (Å²) in [5.74, 6) is -0.243. The van der Waals surface area contributed by atoms with Gasteiger partial charge in [0, 0.05) is 4.88 Å². The first-order valence-electron chi connectivity index (χ1n) is 4.05. The number of thiophene rings is 1. The van der Waals surface area contributed by atoms with Crippen LogP contribution in [0.5, 0.6) is 0 Å². The number of rotatable bonds is 3. The van der Waals surface area contributed by atoms with E-state index in [2.05, 4.69) is 15.5 Å². The lowest BCUT2D eigenvalue weighted by Gasteiger charge is -1.98. The Morgan fingerprint density at radius 3 is 3.00 bits per heavy atom. The highest BCUT2D eigenvalue weighted by atomic mass is 35.5. The molecule has 2 rings (SSSR count). The number of halogens is 1. The Labute approximate surface area is 98.9 Å². The Bertz CT molecular complexity index is 454. The number of carbonyl (C=O) groups excluding carboxylic acids is 1. The molecule has 0 aliphatic carbocycles. The molecule has 1 amide bonds. The molecular formula is C8H6ClN3OS2. The van der Waals surface area contributed by atoms with Crippen molar-refractivity contribution in [2.45, 2.75) is 6.54 Å². The molecule has 78 valence electrons. The lowest BCUT2D eigenvalue weighted by atomic mass is 10.4. The summed E-state index contributed by atoms with van der Waals surface area (Å²) in [4.78, 5) is 12.6. The van der Waals surface area contributed by atoms with Crippen LogP contribution in [0.25, 0.3) is 0 Å². The summed E-state index contributed by atoms with van der Waals surface area (Å²) in [6.45, 7) is 0.508. The van der Waals surface area contributed by atoms with E-state index in [4.69, 9.17) is 11.6 Å². The summed E-state index contributed by atoms with van der Waals surface area (Å²) < 4.78 is 0.274. The Balaban J connectivity index is 1.93. The summed E-state index contributed by atoms with van der Waals surface area (Å²) in [6.07, 6.45) is 0. The van der Waals surface area contributed by atoms with E-state index in [-0.39, 0.29) is 15.4 Å². The zero-order chi connectivity index (χ0) is 10.7. The van der Waals surface area contributed by atoms with E-state index >= 15 is 0 Å². The molecule has 0 aliphatic rings. The van der Waals surface area contributed by atoms with Crippen LogP contribution in [-0.4, -0.2) is 16.1 Å². The number of nitrogens with one attached hydrogen (secondary N) is 1. The molecule has 0 radical (unpaired) electrons. The monoisotopic (exact) mass is 259 g/mol. The quantitative estimate of drug-likeness (QED) is 0.919. The molecular weight excluding hydrogens is 254 g/mol. The summed E-state index contributed by atoms with van der Waals surface area (Å²) in [6, 6.07) is 3.89. The van der Waals surface area contributed by atoms with Gasteiger partial charge in [-0.1, -0.05) is 17.4 Å². The van der Waals surface area contributed by atoms with Gasteiger partial charge in [0.25, 0.3) is 5.91 Å². The third-order valence-electron chi connectivity index (χ3n) is 1.60. The van der Waals surface area contributed by atoms with E-state index in [9.17, 15) is 4.79 Å². The Morgan fingerprint density at radius 2 is 2.40 bits per heavy atom. The second-order valence-electron chi connectivity index (χ2n) is 2.62. The fraction of sp³-hybridized carbons (Fsp3) is 0.125. The van der Waals surface area contributed by atoms with Gasteiger partial charge in [0.2, 0.25) is 9.47 Å². The minimum Gasteiger partial charge on any atom is -0.345 e. The van der Waals surface area contributed by atoms with Crippen molar-refractivity contribution in [1.29, 1.82) is 0 Å². The zero-order valence-corrected chi connectivity index (χ0v) is 9.83. The highest BCUT2D eigenvalue weighted by Crippen LogP contribution is 2.15. The van der Waals surface area contributed by atoms with E-state index in [1.165, 1.54) is 0 Å². The number of amides is 1. The topological polar surface area (TPSA) is 54.9 Å². The molecule has 2 aromatic heterocycles. The SMILES string of the molecule is O=C(NCc1cccs1)c1nnc(Cl)s1. The largest absolute Gasteiger partial charge is 0.345 e. The maximum absolute atomic E-state index is 11.5. The van der Waals surface area contributed by atoms with Crippen molar-refractivity contribution in [3.05, 3.63) is 31.9 Å². The van der Waals surface area contributed by atoms with Crippen molar-refractivity contribution in [3.8, 4) is 0 Å². The van der Waals surface area contributed by atoms with Crippen molar-refractivity contribution < 1.29 is 4.79 Å². The van der Waals surface area contributed by atoms with E-state index in [0.29, 0.717) is 6.54 Å². The first-order chi connectivity index (χ1) is 7.25. The molecule has 0 fully saturated rings. The maximum atomic E-state index is 11.5. The summed E-state index contributed by atoms with van der Waals surface area (Å²) in [5.41, 5.74) is 0. The molecule has 0 atom stereocenters. The third-order valence-corrected chi connectivity index (χ3v) is 3.49. The molecule has 0 aliphatic heterocycles. The van der Waals surface area contributed by atoms with Crippen molar-refractivity contribution in [3.63, 3.8) is 0 Å². The standard InChI is InChI=1S/C8H6ClN3OS2/c9-8-12-11-7(15-8)6(13)10-4-5-2-1-3-14-5/h1-3H,4H2,(H,10,13). The van der Waals surface area contributed by atoms with Crippen LogP contribution in [0.2, 0.25) is 4.47 Å². The summed E-state index contributed by atoms with van der Waals surface area (Å²) >= 11 is 8.23. The predicted octanol–water partition coefficient (Wildman–Crippen LogP) is 2.18. The first-order valence-corrected chi connectivity index (χ1v) is 6.12. The Kier molecular flexibility index (Phi) is 3.30. The highest BCUT2D eigenvalue weighted by Gasteiger charge is 2.11. The molecule has 15 heavy (non-hydrogen) atoms. The molecule has 0 unspecified atom stereocenters. The molecule has 0 bridgehead atoms. The molecule has 1 N–H and O–H groups in total. The van der Waals surface area contributed by atoms with Crippen LogP contribution in [0.15, 0.2) is 17.5 Å². The lowest BCUT2D eigenvalue weighted by Crippen LogP contribution is -2.22. The lowest BCUT2D eigenvalue weighted by molar-refractivity contribution is 0.0950. The minimum absolute atomic E-state index is 0.243. The summed E-state index contributed by atoms with van der Waals surface area (Å²) in [5, 5.41) is 12.2. The highest BCUT2D eigenvalue weighted by molar-refractivity contribution is 7.17. The maximum Gasteiger partial charge on any atom is 0.282 e. The molecule has 0 saturated carbocycles. The molecule has 0 aromatic carbocycles. The van der Waals surface area contributed by atoms with E-state index in [1.54, 1.807) is 11.3 Å². The van der Waals surface area contributed by atoms with Gasteiger partial charge in [-0.25, -0.2) is 0 Å². The smallest absolute Gasteiger partial charge is 0.282 e. The zero-order valence-electron chi connectivity index (χ0n) is 7.44. The molecule has 4 nitrogen and oxygen atoms in total. The molecule has 7 heteroatoms. The fourth-order valence-electron chi connectivity index (χ4n) is 0.953. The number of hydrogen-bond donors (Lipinski definition) is 1. The normalized spacial score (nSPS) is 10.2. The van der Waals surface area contributed by atoms with Gasteiger partial charge in [-0.05, 0) is 23.0 Å².